The summed E-state index contributed by atoms with van der Waals surface area (Å²) in [6.07, 6.45) is 9.48. The lowest BCUT2D eigenvalue weighted by Crippen LogP contribution is -2.52. The summed E-state index contributed by atoms with van der Waals surface area (Å²) in [6, 6.07) is 7.50. The highest BCUT2D eigenvalue weighted by atomic mass is 31.2. The van der Waals surface area contributed by atoms with Crippen molar-refractivity contribution in [3.8, 4) is 0 Å². The molecule has 35 heavy (non-hydrogen) atoms. The molecule has 186 valence electrons. The van der Waals surface area contributed by atoms with Crippen molar-refractivity contribution in [2.45, 2.75) is 69.8 Å². The van der Waals surface area contributed by atoms with E-state index >= 15 is 0 Å². The van der Waals surface area contributed by atoms with E-state index in [2.05, 4.69) is 13.5 Å². The van der Waals surface area contributed by atoms with E-state index in [1.165, 1.54) is 35.0 Å². The molecule has 1 spiro atoms. The van der Waals surface area contributed by atoms with E-state index in [0.29, 0.717) is 23.6 Å². The fraction of sp³-hybridized carbons (Fsp3) is 0.552. The molecule has 1 aliphatic heterocycles. The minimum atomic E-state index is -3.80. The number of fused-ring (bicyclic) bond motifs is 5. The predicted octanol–water partition coefficient (Wildman–Crippen LogP) is 5.76. The van der Waals surface area contributed by atoms with Crippen LogP contribution >= 0.6 is 7.60 Å². The van der Waals surface area contributed by atoms with Crippen molar-refractivity contribution in [3.05, 3.63) is 64.8 Å². The molecule has 2 unspecified atom stereocenters. The monoisotopic (exact) mass is 494 g/mol. The van der Waals surface area contributed by atoms with E-state index in [0.717, 1.165) is 51.6 Å². The van der Waals surface area contributed by atoms with Gasteiger partial charge in [-0.3, -0.25) is 9.36 Å². The van der Waals surface area contributed by atoms with Crippen LogP contribution in [0.15, 0.2) is 59.2 Å². The highest BCUT2D eigenvalue weighted by Crippen LogP contribution is 2.70. The number of carbonyl (C=O) groups is 1. The van der Waals surface area contributed by atoms with Crippen LogP contribution in [0.4, 0.5) is 0 Å². The number of ketones is 1. The Hall–Kier alpha value is -1.78. The fourth-order valence-corrected chi connectivity index (χ4v) is 9.15. The van der Waals surface area contributed by atoms with E-state index in [1.807, 2.05) is 18.2 Å². The van der Waals surface area contributed by atoms with E-state index in [9.17, 15) is 14.3 Å². The highest BCUT2D eigenvalue weighted by Gasteiger charge is 2.65. The molecule has 0 bridgehead atoms. The zero-order valence-electron chi connectivity index (χ0n) is 20.7. The topological polar surface area (TPSA) is 72.8 Å². The van der Waals surface area contributed by atoms with Crippen LogP contribution in [-0.2, 0) is 18.6 Å². The fourth-order valence-electron chi connectivity index (χ4n) is 8.42. The molecule has 2 saturated carbocycles. The molecule has 1 saturated heterocycles. The van der Waals surface area contributed by atoms with Crippen molar-refractivity contribution in [2.24, 2.45) is 17.3 Å². The summed E-state index contributed by atoms with van der Waals surface area (Å²) >= 11 is 0. The standard InChI is InChI=1S/C29H35O5P/c1-18-13-15-34-29(18)14-12-26-24-10-6-20-16-21(30)7-11-23(20)27(24)25(17-28(26,29)2)19-4-8-22(9-5-19)35(31,32)33-3/h4-5,8-9,16,24-26H,1,6-7,10-15,17H2,2-3H3,(H,31,32)/t24?,25-,26+,28+,29-/m1/s1. The van der Waals surface area contributed by atoms with Crippen molar-refractivity contribution in [1.29, 1.82) is 0 Å². The first-order valence-electron chi connectivity index (χ1n) is 13.0. The van der Waals surface area contributed by atoms with E-state index in [4.69, 9.17) is 9.26 Å². The molecule has 4 aliphatic carbocycles. The maximum absolute atomic E-state index is 12.4. The summed E-state index contributed by atoms with van der Waals surface area (Å²) in [5.41, 5.74) is 6.34. The van der Waals surface area contributed by atoms with Gasteiger partial charge in [0, 0.05) is 24.9 Å². The Kier molecular flexibility index (Phi) is 5.47. The van der Waals surface area contributed by atoms with Gasteiger partial charge in [0.15, 0.2) is 5.78 Å². The normalized spacial score (nSPS) is 38.1. The molecule has 6 rings (SSSR count). The Labute approximate surface area is 207 Å². The third kappa shape index (κ3) is 3.31. The Bertz CT molecular complexity index is 1210. The first kappa shape index (κ1) is 23.6. The molecule has 0 amide bonds. The third-order valence-corrected chi connectivity index (χ3v) is 11.5. The summed E-state index contributed by atoms with van der Waals surface area (Å²) in [5, 5.41) is 0.315. The molecule has 6 atom stereocenters. The number of allylic oxidation sites excluding steroid dienone is 4. The van der Waals surface area contributed by atoms with Crippen LogP contribution in [0.3, 0.4) is 0 Å². The lowest BCUT2D eigenvalue weighted by atomic mass is 9.50. The molecule has 1 heterocycles. The lowest BCUT2D eigenvalue weighted by Gasteiger charge is -2.55. The SMILES string of the molecule is C=C1CCO[C@]12CC[C@H]1C3CCC4=CC(=O)CCC4=C3[C@@H](c3ccc(P(=O)(O)OC)cc3)C[C@@]12C. The summed E-state index contributed by atoms with van der Waals surface area (Å²) in [5.74, 6) is 1.45. The first-order valence-corrected chi connectivity index (χ1v) is 14.6. The van der Waals surface area contributed by atoms with E-state index in [1.54, 1.807) is 12.1 Å². The van der Waals surface area contributed by atoms with Crippen LogP contribution in [0.5, 0.6) is 0 Å². The van der Waals surface area contributed by atoms with Crippen molar-refractivity contribution < 1.29 is 23.5 Å². The molecule has 1 N–H and O–H groups in total. The molecule has 1 aromatic rings. The molecular weight excluding hydrogens is 459 g/mol. The van der Waals surface area contributed by atoms with Crippen molar-refractivity contribution in [1.82, 2.24) is 0 Å². The van der Waals surface area contributed by atoms with Crippen LogP contribution in [0.25, 0.3) is 0 Å². The zero-order valence-corrected chi connectivity index (χ0v) is 21.6. The average molecular weight is 495 g/mol. The molecular formula is C29H35O5P. The molecule has 1 aromatic carbocycles. The lowest BCUT2D eigenvalue weighted by molar-refractivity contribution is -0.114. The van der Waals surface area contributed by atoms with Gasteiger partial charge >= 0.3 is 7.60 Å². The van der Waals surface area contributed by atoms with Crippen molar-refractivity contribution in [2.75, 3.05) is 13.7 Å². The second-order valence-electron chi connectivity index (χ2n) is 11.4. The highest BCUT2D eigenvalue weighted by molar-refractivity contribution is 7.61. The minimum Gasteiger partial charge on any atom is -0.370 e. The van der Waals surface area contributed by atoms with Crippen molar-refractivity contribution in [3.63, 3.8) is 0 Å². The second-order valence-corrected chi connectivity index (χ2v) is 13.3. The maximum Gasteiger partial charge on any atom is 0.358 e. The largest absolute Gasteiger partial charge is 0.370 e. The van der Waals surface area contributed by atoms with Crippen molar-refractivity contribution >= 4 is 18.7 Å². The van der Waals surface area contributed by atoms with Gasteiger partial charge in [0.05, 0.1) is 17.5 Å². The Morgan fingerprint density at radius 3 is 2.60 bits per heavy atom. The summed E-state index contributed by atoms with van der Waals surface area (Å²) in [7, 11) is -2.53. The minimum absolute atomic E-state index is 0.0108. The van der Waals surface area contributed by atoms with Gasteiger partial charge in [-0.1, -0.05) is 31.2 Å². The molecule has 6 heteroatoms. The van der Waals surface area contributed by atoms with Gasteiger partial charge in [0.1, 0.15) is 0 Å². The maximum atomic E-state index is 12.4. The third-order valence-electron chi connectivity index (χ3n) is 10.0. The van der Waals surface area contributed by atoms with Gasteiger partial charge in [0.25, 0.3) is 0 Å². The van der Waals surface area contributed by atoms with Crippen LogP contribution in [0.1, 0.15) is 69.8 Å². The van der Waals surface area contributed by atoms with Crippen LogP contribution in [0, 0.1) is 17.3 Å². The number of rotatable bonds is 3. The molecule has 5 nitrogen and oxygen atoms in total. The van der Waals surface area contributed by atoms with Crippen LogP contribution in [-0.4, -0.2) is 30.0 Å². The number of hydrogen-bond donors (Lipinski definition) is 1. The van der Waals surface area contributed by atoms with E-state index < -0.39 is 7.60 Å². The Balaban J connectivity index is 1.50. The van der Waals surface area contributed by atoms with Gasteiger partial charge < -0.3 is 14.2 Å². The predicted molar refractivity (Wildman–Crippen MR) is 136 cm³/mol. The van der Waals surface area contributed by atoms with Gasteiger partial charge in [-0.15, -0.1) is 0 Å². The number of carbonyl (C=O) groups excluding carboxylic acids is 1. The van der Waals surface area contributed by atoms with Crippen LogP contribution < -0.4 is 5.30 Å². The van der Waals surface area contributed by atoms with Crippen LogP contribution in [0.2, 0.25) is 0 Å². The molecule has 0 radical (unpaired) electrons. The average Bonchev–Trinajstić information content (AvgIpc) is 3.38. The summed E-state index contributed by atoms with van der Waals surface area (Å²) in [4.78, 5) is 22.4. The molecule has 5 aliphatic rings. The summed E-state index contributed by atoms with van der Waals surface area (Å²) < 4.78 is 23.8. The smallest absolute Gasteiger partial charge is 0.358 e. The summed E-state index contributed by atoms with van der Waals surface area (Å²) in [6.45, 7) is 7.69. The molecule has 0 aromatic heterocycles. The van der Waals surface area contributed by atoms with E-state index in [-0.39, 0.29) is 22.7 Å². The first-order chi connectivity index (χ1) is 16.7. The van der Waals surface area contributed by atoms with Gasteiger partial charge in [-0.2, -0.15) is 0 Å². The quantitative estimate of drug-likeness (QED) is 0.427. The number of hydrogen-bond acceptors (Lipinski definition) is 4. The Morgan fingerprint density at radius 1 is 1.14 bits per heavy atom. The Morgan fingerprint density at radius 2 is 1.91 bits per heavy atom. The molecule has 3 fully saturated rings. The number of benzene rings is 1. The van der Waals surface area contributed by atoms with Gasteiger partial charge in [0.2, 0.25) is 0 Å². The number of ether oxygens (including phenoxy) is 1. The van der Waals surface area contributed by atoms with Gasteiger partial charge in [-0.25, -0.2) is 0 Å². The zero-order chi connectivity index (χ0) is 24.6. The second kappa shape index (κ2) is 8.11. The van der Waals surface area contributed by atoms with Gasteiger partial charge in [-0.05, 0) is 97.3 Å².